The Hall–Kier alpha value is -0.860. The second kappa shape index (κ2) is 4.32. The number of nitrogens with zero attached hydrogens (tertiary/aromatic N) is 1. The molecule has 1 saturated heterocycles. The van der Waals surface area contributed by atoms with E-state index in [2.05, 4.69) is 50.1 Å². The van der Waals surface area contributed by atoms with Crippen LogP contribution in [0, 0.1) is 11.3 Å². The second-order valence-electron chi connectivity index (χ2n) is 7.06. The summed E-state index contributed by atoms with van der Waals surface area (Å²) in [4.78, 5) is 2.37. The van der Waals surface area contributed by atoms with Gasteiger partial charge in [0.05, 0.1) is 5.60 Å². The molecule has 0 amide bonds. The highest BCUT2D eigenvalue weighted by Crippen LogP contribution is 2.55. The highest BCUT2D eigenvalue weighted by atomic mass is 16.3. The van der Waals surface area contributed by atoms with Gasteiger partial charge in [0.15, 0.2) is 0 Å². The summed E-state index contributed by atoms with van der Waals surface area (Å²) < 4.78 is 0. The van der Waals surface area contributed by atoms with Crippen LogP contribution in [0.1, 0.15) is 37.8 Å². The average Bonchev–Trinajstić information content (AvgIpc) is 2.59. The number of hydrogen-bond donors (Lipinski definition) is 1. The molecule has 2 heteroatoms. The van der Waals surface area contributed by atoms with Crippen molar-refractivity contribution >= 4 is 0 Å². The molecule has 0 bridgehead atoms. The zero-order chi connectivity index (χ0) is 13.7. The molecular formula is C17H25NO. The van der Waals surface area contributed by atoms with Crippen molar-refractivity contribution in [3.05, 3.63) is 35.4 Å². The van der Waals surface area contributed by atoms with E-state index < -0.39 is 5.60 Å². The van der Waals surface area contributed by atoms with Crippen LogP contribution in [0.5, 0.6) is 0 Å². The minimum atomic E-state index is -0.648. The Labute approximate surface area is 116 Å². The molecule has 0 saturated carbocycles. The number of rotatable bonds is 1. The third-order valence-electron chi connectivity index (χ3n) is 5.40. The maximum atomic E-state index is 11.6. The van der Waals surface area contributed by atoms with Gasteiger partial charge in [0.25, 0.3) is 0 Å². The predicted molar refractivity (Wildman–Crippen MR) is 78.0 cm³/mol. The van der Waals surface area contributed by atoms with Crippen LogP contribution in [0.3, 0.4) is 0 Å². The van der Waals surface area contributed by atoms with E-state index in [1.165, 1.54) is 11.1 Å². The first-order valence-electron chi connectivity index (χ1n) is 7.44. The van der Waals surface area contributed by atoms with Crippen molar-refractivity contribution in [2.75, 3.05) is 20.1 Å². The molecule has 1 N–H and O–H groups in total. The molecule has 19 heavy (non-hydrogen) atoms. The van der Waals surface area contributed by atoms with Crippen LogP contribution in [-0.2, 0) is 12.0 Å². The van der Waals surface area contributed by atoms with Gasteiger partial charge in [-0.15, -0.1) is 0 Å². The fraction of sp³-hybridized carbons (Fsp3) is 0.647. The molecule has 104 valence electrons. The summed E-state index contributed by atoms with van der Waals surface area (Å²) in [7, 11) is 2.17. The molecule has 1 atom stereocenters. The van der Waals surface area contributed by atoms with E-state index in [0.717, 1.165) is 32.4 Å². The van der Waals surface area contributed by atoms with Gasteiger partial charge in [0.2, 0.25) is 0 Å². The Balaban J connectivity index is 2.01. The second-order valence-corrected chi connectivity index (χ2v) is 7.06. The summed E-state index contributed by atoms with van der Waals surface area (Å²) in [5.41, 5.74) is 1.82. The maximum Gasteiger partial charge on any atom is 0.0981 e. The van der Waals surface area contributed by atoms with Gasteiger partial charge >= 0.3 is 0 Å². The molecule has 3 rings (SSSR count). The predicted octanol–water partition coefficient (Wildman–Crippen LogP) is 2.80. The first-order valence-corrected chi connectivity index (χ1v) is 7.44. The summed E-state index contributed by atoms with van der Waals surface area (Å²) in [6, 6.07) is 8.49. The van der Waals surface area contributed by atoms with E-state index in [4.69, 9.17) is 0 Å². The van der Waals surface area contributed by atoms with E-state index in [1.54, 1.807) is 0 Å². The average molecular weight is 259 g/mol. The van der Waals surface area contributed by atoms with Crippen LogP contribution >= 0.6 is 0 Å². The Morgan fingerprint density at radius 2 is 1.79 bits per heavy atom. The SMILES string of the molecule is CN1CCC(C2(O)c3ccccc3CC2(C)C)CC1. The molecule has 2 aliphatic rings. The molecule has 1 aliphatic carbocycles. The number of aliphatic hydroxyl groups is 1. The van der Waals surface area contributed by atoms with E-state index in [-0.39, 0.29) is 5.41 Å². The number of fused-ring (bicyclic) bond motifs is 1. The molecule has 1 heterocycles. The number of hydrogen-bond acceptors (Lipinski definition) is 2. The van der Waals surface area contributed by atoms with Crippen molar-refractivity contribution in [2.45, 2.75) is 38.7 Å². The topological polar surface area (TPSA) is 23.5 Å². The van der Waals surface area contributed by atoms with Crippen LogP contribution in [0.2, 0.25) is 0 Å². The lowest BCUT2D eigenvalue weighted by Crippen LogP contribution is -2.49. The molecular weight excluding hydrogens is 234 g/mol. The van der Waals surface area contributed by atoms with Crippen LogP contribution in [0.15, 0.2) is 24.3 Å². The van der Waals surface area contributed by atoms with Crippen molar-refractivity contribution in [2.24, 2.45) is 11.3 Å². The normalized spacial score (nSPS) is 31.4. The first kappa shape index (κ1) is 13.1. The standard InChI is InChI=1S/C17H25NO/c1-16(2)12-13-6-4-5-7-15(13)17(16,19)14-8-10-18(3)11-9-14/h4-7,14,19H,8-12H2,1-3H3. The van der Waals surface area contributed by atoms with Crippen molar-refractivity contribution in [1.29, 1.82) is 0 Å². The Morgan fingerprint density at radius 3 is 2.47 bits per heavy atom. The maximum absolute atomic E-state index is 11.6. The van der Waals surface area contributed by atoms with Crippen LogP contribution in [0.25, 0.3) is 0 Å². The highest BCUT2D eigenvalue weighted by molar-refractivity contribution is 5.41. The minimum absolute atomic E-state index is 0.0583. The molecule has 0 aromatic heterocycles. The highest BCUT2D eigenvalue weighted by Gasteiger charge is 2.55. The summed E-state index contributed by atoms with van der Waals surface area (Å²) in [5.74, 6) is 0.391. The Bertz CT molecular complexity index is 474. The fourth-order valence-electron chi connectivity index (χ4n) is 4.22. The number of piperidine rings is 1. The van der Waals surface area contributed by atoms with Crippen molar-refractivity contribution in [3.63, 3.8) is 0 Å². The molecule has 1 aliphatic heterocycles. The van der Waals surface area contributed by atoms with Gasteiger partial charge in [0, 0.05) is 5.41 Å². The third-order valence-corrected chi connectivity index (χ3v) is 5.40. The van der Waals surface area contributed by atoms with Gasteiger partial charge in [0.1, 0.15) is 0 Å². The Morgan fingerprint density at radius 1 is 1.16 bits per heavy atom. The van der Waals surface area contributed by atoms with E-state index in [1.807, 2.05) is 0 Å². The monoisotopic (exact) mass is 259 g/mol. The summed E-state index contributed by atoms with van der Waals surface area (Å²) in [5, 5.41) is 11.6. The van der Waals surface area contributed by atoms with Gasteiger partial charge in [-0.2, -0.15) is 0 Å². The lowest BCUT2D eigenvalue weighted by atomic mass is 9.65. The zero-order valence-electron chi connectivity index (χ0n) is 12.3. The summed E-state index contributed by atoms with van der Waals surface area (Å²) in [6.07, 6.45) is 3.20. The molecule has 0 radical (unpaired) electrons. The van der Waals surface area contributed by atoms with Crippen molar-refractivity contribution in [1.82, 2.24) is 4.90 Å². The summed E-state index contributed by atoms with van der Waals surface area (Å²) >= 11 is 0. The lowest BCUT2D eigenvalue weighted by molar-refractivity contribution is -0.121. The minimum Gasteiger partial charge on any atom is -0.384 e. The van der Waals surface area contributed by atoms with Crippen LogP contribution in [-0.4, -0.2) is 30.1 Å². The first-order chi connectivity index (χ1) is 8.95. The zero-order valence-corrected chi connectivity index (χ0v) is 12.3. The van der Waals surface area contributed by atoms with E-state index in [9.17, 15) is 5.11 Å². The van der Waals surface area contributed by atoms with Gasteiger partial charge in [-0.1, -0.05) is 38.1 Å². The largest absolute Gasteiger partial charge is 0.384 e. The molecule has 0 spiro atoms. The molecule has 1 fully saturated rings. The van der Waals surface area contributed by atoms with E-state index in [0.29, 0.717) is 5.92 Å². The molecule has 1 unspecified atom stereocenters. The van der Waals surface area contributed by atoms with Crippen LogP contribution in [0.4, 0.5) is 0 Å². The smallest absolute Gasteiger partial charge is 0.0981 e. The van der Waals surface area contributed by atoms with Gasteiger partial charge < -0.3 is 10.0 Å². The van der Waals surface area contributed by atoms with Crippen LogP contribution < -0.4 is 0 Å². The molecule has 1 aromatic carbocycles. The Kier molecular flexibility index (Phi) is 2.99. The van der Waals surface area contributed by atoms with Gasteiger partial charge in [-0.25, -0.2) is 0 Å². The number of benzene rings is 1. The quantitative estimate of drug-likeness (QED) is 0.838. The lowest BCUT2D eigenvalue weighted by Gasteiger charge is -2.46. The van der Waals surface area contributed by atoms with E-state index >= 15 is 0 Å². The fourth-order valence-corrected chi connectivity index (χ4v) is 4.22. The van der Waals surface area contributed by atoms with Gasteiger partial charge in [-0.3, -0.25) is 0 Å². The summed E-state index contributed by atoms with van der Waals surface area (Å²) in [6.45, 7) is 6.66. The molecule has 2 nitrogen and oxygen atoms in total. The van der Waals surface area contributed by atoms with Crippen molar-refractivity contribution in [3.8, 4) is 0 Å². The van der Waals surface area contributed by atoms with Crippen molar-refractivity contribution < 1.29 is 5.11 Å². The number of likely N-dealkylation sites (tertiary alicyclic amines) is 1. The third kappa shape index (κ3) is 1.85. The van der Waals surface area contributed by atoms with Gasteiger partial charge in [-0.05, 0) is 56.4 Å². The molecule has 1 aromatic rings.